The normalized spacial score (nSPS) is 11.7. The van der Waals surface area contributed by atoms with Gasteiger partial charge in [-0.15, -0.1) is 11.6 Å². The summed E-state index contributed by atoms with van der Waals surface area (Å²) in [5.41, 5.74) is 1.52. The van der Waals surface area contributed by atoms with Gasteiger partial charge in [0.25, 0.3) is 0 Å². The highest BCUT2D eigenvalue weighted by Crippen LogP contribution is 2.24. The molecular weight excluding hydrogens is 265 g/mol. The van der Waals surface area contributed by atoms with Gasteiger partial charge in [-0.3, -0.25) is 0 Å². The van der Waals surface area contributed by atoms with Gasteiger partial charge >= 0.3 is 6.18 Å². The molecule has 2 nitrogen and oxygen atoms in total. The van der Waals surface area contributed by atoms with Crippen LogP contribution in [0.4, 0.5) is 19.0 Å². The standard InChI is InChI=1S/C12H16ClF3N2/c1-3-4-18(8-12(14,15)16)11-9(2)5-10(6-13)7-17-11/h5,7H,3-4,6,8H2,1-2H3. The van der Waals surface area contributed by atoms with Gasteiger partial charge in [-0.05, 0) is 30.5 Å². The van der Waals surface area contributed by atoms with E-state index in [4.69, 9.17) is 11.6 Å². The Hall–Kier alpha value is -0.970. The number of hydrogen-bond acceptors (Lipinski definition) is 2. The van der Waals surface area contributed by atoms with E-state index >= 15 is 0 Å². The van der Waals surface area contributed by atoms with Crippen LogP contribution in [0.25, 0.3) is 0 Å². The average Bonchev–Trinajstić information content (AvgIpc) is 2.26. The molecule has 1 aromatic heterocycles. The maximum absolute atomic E-state index is 12.5. The number of anilines is 1. The van der Waals surface area contributed by atoms with Crippen molar-refractivity contribution in [3.05, 3.63) is 23.4 Å². The zero-order valence-corrected chi connectivity index (χ0v) is 11.1. The average molecular weight is 281 g/mol. The Morgan fingerprint density at radius 1 is 1.39 bits per heavy atom. The molecule has 0 amide bonds. The van der Waals surface area contributed by atoms with Crippen molar-refractivity contribution in [2.24, 2.45) is 0 Å². The van der Waals surface area contributed by atoms with Crippen LogP contribution in [0.15, 0.2) is 12.3 Å². The van der Waals surface area contributed by atoms with Gasteiger partial charge in [0.05, 0.1) is 0 Å². The molecule has 0 N–H and O–H groups in total. The summed E-state index contributed by atoms with van der Waals surface area (Å²) in [6.45, 7) is 2.94. The Balaban J connectivity index is 2.98. The van der Waals surface area contributed by atoms with Crippen molar-refractivity contribution in [3.63, 3.8) is 0 Å². The predicted molar refractivity (Wildman–Crippen MR) is 67.1 cm³/mol. The largest absolute Gasteiger partial charge is 0.405 e. The van der Waals surface area contributed by atoms with E-state index in [2.05, 4.69) is 4.98 Å². The zero-order valence-electron chi connectivity index (χ0n) is 10.4. The van der Waals surface area contributed by atoms with Crippen LogP contribution < -0.4 is 4.90 Å². The number of alkyl halides is 4. The third-order valence-electron chi connectivity index (χ3n) is 2.42. The minimum absolute atomic E-state index is 0.307. The molecule has 0 aromatic carbocycles. The van der Waals surface area contributed by atoms with Crippen LogP contribution in [-0.4, -0.2) is 24.2 Å². The van der Waals surface area contributed by atoms with E-state index in [0.717, 1.165) is 5.56 Å². The zero-order chi connectivity index (χ0) is 13.8. The smallest absolute Gasteiger partial charge is 0.347 e. The van der Waals surface area contributed by atoms with Gasteiger partial charge in [0.1, 0.15) is 12.4 Å². The summed E-state index contributed by atoms with van der Waals surface area (Å²) in [7, 11) is 0. The molecule has 6 heteroatoms. The Kier molecular flexibility index (Phi) is 5.26. The fourth-order valence-corrected chi connectivity index (χ4v) is 1.92. The third kappa shape index (κ3) is 4.37. The van der Waals surface area contributed by atoms with Gasteiger partial charge in [-0.1, -0.05) is 6.92 Å². The molecule has 0 aliphatic carbocycles. The van der Waals surface area contributed by atoms with Crippen LogP contribution in [0.1, 0.15) is 24.5 Å². The lowest BCUT2D eigenvalue weighted by Gasteiger charge is -2.26. The van der Waals surface area contributed by atoms with Crippen LogP contribution in [0.3, 0.4) is 0 Å². The van der Waals surface area contributed by atoms with Crippen molar-refractivity contribution in [1.29, 1.82) is 0 Å². The number of halogens is 4. The minimum Gasteiger partial charge on any atom is -0.347 e. The Labute approximate surface area is 110 Å². The molecule has 18 heavy (non-hydrogen) atoms. The summed E-state index contributed by atoms with van der Waals surface area (Å²) in [6.07, 6.45) is -2.07. The third-order valence-corrected chi connectivity index (χ3v) is 2.73. The first-order chi connectivity index (χ1) is 8.37. The van der Waals surface area contributed by atoms with Gasteiger partial charge < -0.3 is 4.90 Å². The van der Waals surface area contributed by atoms with Crippen LogP contribution in [0.2, 0.25) is 0 Å². The molecule has 0 saturated carbocycles. The fraction of sp³-hybridized carbons (Fsp3) is 0.583. The quantitative estimate of drug-likeness (QED) is 0.760. The molecule has 0 fully saturated rings. The molecular formula is C12H16ClF3N2. The highest BCUT2D eigenvalue weighted by molar-refractivity contribution is 6.17. The molecule has 1 aromatic rings. The topological polar surface area (TPSA) is 16.1 Å². The summed E-state index contributed by atoms with van der Waals surface area (Å²) in [6, 6.07) is 1.77. The number of aryl methyl sites for hydroxylation is 1. The van der Waals surface area contributed by atoms with Crippen molar-refractivity contribution in [2.75, 3.05) is 18.0 Å². The Morgan fingerprint density at radius 2 is 2.06 bits per heavy atom. The molecule has 0 radical (unpaired) electrons. The number of pyridine rings is 1. The van der Waals surface area contributed by atoms with E-state index in [-0.39, 0.29) is 0 Å². The summed E-state index contributed by atoms with van der Waals surface area (Å²) >= 11 is 5.66. The van der Waals surface area contributed by atoms with Crippen molar-refractivity contribution in [2.45, 2.75) is 32.3 Å². The lowest BCUT2D eigenvalue weighted by atomic mass is 10.2. The predicted octanol–water partition coefficient (Wildman–Crippen LogP) is 3.91. The monoisotopic (exact) mass is 280 g/mol. The summed E-state index contributed by atoms with van der Waals surface area (Å²) < 4.78 is 37.5. The highest BCUT2D eigenvalue weighted by atomic mass is 35.5. The summed E-state index contributed by atoms with van der Waals surface area (Å²) in [5.74, 6) is 0.685. The van der Waals surface area contributed by atoms with Crippen LogP contribution >= 0.6 is 11.6 Å². The van der Waals surface area contributed by atoms with Gasteiger partial charge in [0.15, 0.2) is 0 Å². The highest BCUT2D eigenvalue weighted by Gasteiger charge is 2.31. The lowest BCUT2D eigenvalue weighted by molar-refractivity contribution is -0.119. The van der Waals surface area contributed by atoms with E-state index in [1.807, 2.05) is 6.92 Å². The molecule has 102 valence electrons. The first kappa shape index (κ1) is 15.1. The van der Waals surface area contributed by atoms with E-state index in [9.17, 15) is 13.2 Å². The molecule has 0 saturated heterocycles. The van der Waals surface area contributed by atoms with Crippen LogP contribution in [0, 0.1) is 6.92 Å². The molecule has 0 atom stereocenters. The number of nitrogens with zero attached hydrogens (tertiary/aromatic N) is 2. The second kappa shape index (κ2) is 6.27. The minimum atomic E-state index is -4.23. The summed E-state index contributed by atoms with van der Waals surface area (Å²) in [4.78, 5) is 5.35. The SMILES string of the molecule is CCCN(CC(F)(F)F)c1ncc(CCl)cc1C. The fourth-order valence-electron chi connectivity index (χ4n) is 1.78. The van der Waals surface area contributed by atoms with Crippen molar-refractivity contribution >= 4 is 17.4 Å². The maximum atomic E-state index is 12.5. The van der Waals surface area contributed by atoms with Crippen LogP contribution in [0.5, 0.6) is 0 Å². The molecule has 0 bridgehead atoms. The van der Waals surface area contributed by atoms with E-state index in [1.165, 1.54) is 11.1 Å². The molecule has 0 aliphatic rings. The molecule has 0 aliphatic heterocycles. The van der Waals surface area contributed by atoms with Gasteiger partial charge in [0.2, 0.25) is 0 Å². The second-order valence-corrected chi connectivity index (χ2v) is 4.42. The van der Waals surface area contributed by atoms with Gasteiger partial charge in [-0.25, -0.2) is 4.98 Å². The Morgan fingerprint density at radius 3 is 2.50 bits per heavy atom. The molecule has 0 unspecified atom stereocenters. The van der Waals surface area contributed by atoms with E-state index < -0.39 is 12.7 Å². The van der Waals surface area contributed by atoms with Gasteiger partial charge in [0, 0.05) is 18.6 Å². The van der Waals surface area contributed by atoms with Gasteiger partial charge in [-0.2, -0.15) is 13.2 Å². The molecule has 1 rings (SSSR count). The molecule has 1 heterocycles. The lowest BCUT2D eigenvalue weighted by Crippen LogP contribution is -2.35. The van der Waals surface area contributed by atoms with Crippen molar-refractivity contribution < 1.29 is 13.2 Å². The van der Waals surface area contributed by atoms with Crippen molar-refractivity contribution in [1.82, 2.24) is 4.98 Å². The second-order valence-electron chi connectivity index (χ2n) is 4.15. The number of rotatable bonds is 5. The number of aromatic nitrogens is 1. The summed E-state index contributed by atoms with van der Waals surface area (Å²) in [5, 5.41) is 0. The molecule has 0 spiro atoms. The van der Waals surface area contributed by atoms with E-state index in [1.54, 1.807) is 13.0 Å². The Bertz CT molecular complexity index is 393. The maximum Gasteiger partial charge on any atom is 0.405 e. The number of hydrogen-bond donors (Lipinski definition) is 0. The van der Waals surface area contributed by atoms with E-state index in [0.29, 0.717) is 30.2 Å². The van der Waals surface area contributed by atoms with Crippen LogP contribution in [-0.2, 0) is 5.88 Å². The first-order valence-corrected chi connectivity index (χ1v) is 6.24. The first-order valence-electron chi connectivity index (χ1n) is 5.70. The van der Waals surface area contributed by atoms with Crippen molar-refractivity contribution in [3.8, 4) is 0 Å².